The lowest BCUT2D eigenvalue weighted by molar-refractivity contribution is 0.402. The standard InChI is InChI=1S/C16H18FN/c1-18(2)12-15-5-3-4-14(11-15)10-13-6-8-16(17)9-7-13/h3-9,11H,10,12H2,1-2H3. The molecule has 0 saturated heterocycles. The van der Waals surface area contributed by atoms with E-state index in [1.54, 1.807) is 0 Å². The van der Waals surface area contributed by atoms with Crippen LogP contribution < -0.4 is 0 Å². The van der Waals surface area contributed by atoms with Gasteiger partial charge in [-0.1, -0.05) is 36.4 Å². The average molecular weight is 243 g/mol. The first-order chi connectivity index (χ1) is 8.63. The molecule has 0 atom stereocenters. The van der Waals surface area contributed by atoms with Crippen LogP contribution in [0.15, 0.2) is 48.5 Å². The van der Waals surface area contributed by atoms with Gasteiger partial charge in [0.15, 0.2) is 0 Å². The molecular formula is C16H18FN. The van der Waals surface area contributed by atoms with Crippen molar-refractivity contribution < 1.29 is 4.39 Å². The molecule has 2 aromatic carbocycles. The maximum atomic E-state index is 12.8. The van der Waals surface area contributed by atoms with Crippen molar-refractivity contribution in [2.45, 2.75) is 13.0 Å². The first-order valence-corrected chi connectivity index (χ1v) is 6.10. The van der Waals surface area contributed by atoms with E-state index >= 15 is 0 Å². The molecule has 0 N–H and O–H groups in total. The average Bonchev–Trinajstić information content (AvgIpc) is 2.32. The second kappa shape index (κ2) is 5.78. The van der Waals surface area contributed by atoms with Gasteiger partial charge in [-0.25, -0.2) is 4.39 Å². The Balaban J connectivity index is 2.11. The second-order valence-corrected chi connectivity index (χ2v) is 4.86. The molecule has 0 saturated carbocycles. The Hall–Kier alpha value is -1.67. The first-order valence-electron chi connectivity index (χ1n) is 6.10. The lowest BCUT2D eigenvalue weighted by Crippen LogP contribution is -2.10. The molecule has 0 fully saturated rings. The molecule has 94 valence electrons. The molecule has 0 radical (unpaired) electrons. The zero-order valence-corrected chi connectivity index (χ0v) is 10.9. The van der Waals surface area contributed by atoms with E-state index in [2.05, 4.69) is 43.3 Å². The van der Waals surface area contributed by atoms with Crippen LogP contribution in [-0.2, 0) is 13.0 Å². The van der Waals surface area contributed by atoms with Crippen LogP contribution in [-0.4, -0.2) is 19.0 Å². The van der Waals surface area contributed by atoms with E-state index in [-0.39, 0.29) is 5.82 Å². The number of rotatable bonds is 4. The Morgan fingerprint density at radius 3 is 2.22 bits per heavy atom. The molecule has 2 heteroatoms. The maximum Gasteiger partial charge on any atom is 0.123 e. The minimum Gasteiger partial charge on any atom is -0.305 e. The predicted molar refractivity (Wildman–Crippen MR) is 73.0 cm³/mol. The van der Waals surface area contributed by atoms with Crippen LogP contribution in [0.2, 0.25) is 0 Å². The smallest absolute Gasteiger partial charge is 0.123 e. The Morgan fingerprint density at radius 1 is 0.889 bits per heavy atom. The Labute approximate surface area is 108 Å². The summed E-state index contributed by atoms with van der Waals surface area (Å²) in [7, 11) is 4.12. The maximum absolute atomic E-state index is 12.8. The third-order valence-corrected chi connectivity index (χ3v) is 2.81. The molecule has 0 heterocycles. The summed E-state index contributed by atoms with van der Waals surface area (Å²) in [6.07, 6.45) is 0.849. The summed E-state index contributed by atoms with van der Waals surface area (Å²) in [5, 5.41) is 0. The monoisotopic (exact) mass is 243 g/mol. The predicted octanol–water partition coefficient (Wildman–Crippen LogP) is 3.48. The molecule has 18 heavy (non-hydrogen) atoms. The SMILES string of the molecule is CN(C)Cc1cccc(Cc2ccc(F)cc2)c1. The highest BCUT2D eigenvalue weighted by Gasteiger charge is 2.00. The van der Waals surface area contributed by atoms with Gasteiger partial charge >= 0.3 is 0 Å². The van der Waals surface area contributed by atoms with Crippen LogP contribution in [0.1, 0.15) is 16.7 Å². The minimum absolute atomic E-state index is 0.180. The van der Waals surface area contributed by atoms with Crippen LogP contribution in [0.3, 0.4) is 0 Å². The topological polar surface area (TPSA) is 3.24 Å². The van der Waals surface area contributed by atoms with Crippen LogP contribution in [0.5, 0.6) is 0 Å². The number of nitrogens with zero attached hydrogens (tertiary/aromatic N) is 1. The minimum atomic E-state index is -0.180. The van der Waals surface area contributed by atoms with E-state index in [9.17, 15) is 4.39 Å². The third kappa shape index (κ3) is 3.67. The van der Waals surface area contributed by atoms with E-state index in [1.807, 2.05) is 12.1 Å². The van der Waals surface area contributed by atoms with Crippen molar-refractivity contribution in [2.75, 3.05) is 14.1 Å². The molecule has 0 unspecified atom stereocenters. The third-order valence-electron chi connectivity index (χ3n) is 2.81. The lowest BCUT2D eigenvalue weighted by Gasteiger charge is -2.11. The highest BCUT2D eigenvalue weighted by atomic mass is 19.1. The summed E-state index contributed by atoms with van der Waals surface area (Å²) in [6.45, 7) is 0.942. The van der Waals surface area contributed by atoms with E-state index in [1.165, 1.54) is 23.3 Å². The molecule has 0 bridgehead atoms. The van der Waals surface area contributed by atoms with Gasteiger partial charge in [0.2, 0.25) is 0 Å². The molecule has 2 aromatic rings. The zero-order chi connectivity index (χ0) is 13.0. The van der Waals surface area contributed by atoms with E-state index in [0.717, 1.165) is 18.5 Å². The molecule has 0 aliphatic rings. The molecule has 1 nitrogen and oxygen atoms in total. The van der Waals surface area contributed by atoms with Gasteiger partial charge in [0.1, 0.15) is 5.82 Å². The molecule has 0 spiro atoms. The highest BCUT2D eigenvalue weighted by Crippen LogP contribution is 2.13. The summed E-state index contributed by atoms with van der Waals surface area (Å²) in [5.41, 5.74) is 3.71. The fourth-order valence-electron chi connectivity index (χ4n) is 2.04. The van der Waals surface area contributed by atoms with Crippen molar-refractivity contribution in [2.24, 2.45) is 0 Å². The molecule has 0 amide bonds. The van der Waals surface area contributed by atoms with Gasteiger partial charge in [0.25, 0.3) is 0 Å². The Kier molecular flexibility index (Phi) is 4.11. The van der Waals surface area contributed by atoms with Crippen LogP contribution in [0.25, 0.3) is 0 Å². The summed E-state index contributed by atoms with van der Waals surface area (Å²) in [4.78, 5) is 2.15. The summed E-state index contributed by atoms with van der Waals surface area (Å²) >= 11 is 0. The van der Waals surface area contributed by atoms with Gasteiger partial charge in [-0.15, -0.1) is 0 Å². The van der Waals surface area contributed by atoms with Crippen molar-refractivity contribution in [3.8, 4) is 0 Å². The fraction of sp³-hybridized carbons (Fsp3) is 0.250. The lowest BCUT2D eigenvalue weighted by atomic mass is 10.0. The van der Waals surface area contributed by atoms with Crippen LogP contribution in [0, 0.1) is 5.82 Å². The summed E-state index contributed by atoms with van der Waals surface area (Å²) in [5.74, 6) is -0.180. The highest BCUT2D eigenvalue weighted by molar-refractivity contribution is 5.29. The quantitative estimate of drug-likeness (QED) is 0.794. The number of benzene rings is 2. The van der Waals surface area contributed by atoms with Crippen molar-refractivity contribution in [3.63, 3.8) is 0 Å². The van der Waals surface area contributed by atoms with Gasteiger partial charge in [-0.05, 0) is 49.3 Å². The van der Waals surface area contributed by atoms with Gasteiger partial charge in [-0.2, -0.15) is 0 Å². The second-order valence-electron chi connectivity index (χ2n) is 4.86. The van der Waals surface area contributed by atoms with E-state index in [4.69, 9.17) is 0 Å². The van der Waals surface area contributed by atoms with Crippen LogP contribution in [0.4, 0.5) is 4.39 Å². The van der Waals surface area contributed by atoms with Crippen molar-refractivity contribution in [1.82, 2.24) is 4.90 Å². The fourth-order valence-corrected chi connectivity index (χ4v) is 2.04. The van der Waals surface area contributed by atoms with E-state index < -0.39 is 0 Å². The molecule has 2 rings (SSSR count). The molecule has 0 aliphatic carbocycles. The van der Waals surface area contributed by atoms with Gasteiger partial charge < -0.3 is 4.90 Å². The number of halogens is 1. The largest absolute Gasteiger partial charge is 0.305 e. The first kappa shape index (κ1) is 12.8. The molecule has 0 aliphatic heterocycles. The zero-order valence-electron chi connectivity index (χ0n) is 10.9. The summed E-state index contributed by atoms with van der Waals surface area (Å²) < 4.78 is 12.8. The molecule has 0 aromatic heterocycles. The Bertz CT molecular complexity index is 503. The van der Waals surface area contributed by atoms with Crippen LogP contribution >= 0.6 is 0 Å². The number of hydrogen-bond acceptors (Lipinski definition) is 1. The van der Waals surface area contributed by atoms with Gasteiger partial charge in [0, 0.05) is 6.54 Å². The van der Waals surface area contributed by atoms with Gasteiger partial charge in [-0.3, -0.25) is 0 Å². The van der Waals surface area contributed by atoms with Crippen molar-refractivity contribution >= 4 is 0 Å². The summed E-state index contributed by atoms with van der Waals surface area (Å²) in [6, 6.07) is 15.2. The van der Waals surface area contributed by atoms with E-state index in [0.29, 0.717) is 0 Å². The number of hydrogen-bond donors (Lipinski definition) is 0. The molecular weight excluding hydrogens is 225 g/mol. The van der Waals surface area contributed by atoms with Crippen molar-refractivity contribution in [1.29, 1.82) is 0 Å². The normalized spacial score (nSPS) is 10.9. The van der Waals surface area contributed by atoms with Crippen molar-refractivity contribution in [3.05, 3.63) is 71.0 Å². The Morgan fingerprint density at radius 2 is 1.56 bits per heavy atom. The van der Waals surface area contributed by atoms with Gasteiger partial charge in [0.05, 0.1) is 0 Å².